The molecule has 1 atom stereocenters. The molecule has 0 aliphatic carbocycles. The number of pyridine rings is 1. The minimum absolute atomic E-state index is 0.239. The van der Waals surface area contributed by atoms with Crippen LogP contribution in [0, 0.1) is 0 Å². The number of fused-ring (bicyclic) bond motifs is 1. The van der Waals surface area contributed by atoms with Crippen LogP contribution in [0.25, 0.3) is 10.8 Å². The van der Waals surface area contributed by atoms with Crippen LogP contribution in [0.15, 0.2) is 71.9 Å². The minimum Gasteiger partial charge on any atom is -0.478 e. The van der Waals surface area contributed by atoms with Crippen molar-refractivity contribution in [1.82, 2.24) is 15.0 Å². The number of hydrogen-bond acceptors (Lipinski definition) is 5. The van der Waals surface area contributed by atoms with Crippen LogP contribution in [0.3, 0.4) is 0 Å². The highest BCUT2D eigenvalue weighted by molar-refractivity contribution is 7.89. The molecule has 136 valence electrons. The van der Waals surface area contributed by atoms with Gasteiger partial charge in [0, 0.05) is 30.4 Å². The van der Waals surface area contributed by atoms with Crippen LogP contribution < -0.4 is 14.8 Å². The average Bonchev–Trinajstić information content (AvgIpc) is 2.65. The third-order valence-electron chi connectivity index (χ3n) is 3.81. The second kappa shape index (κ2) is 8.27. The van der Waals surface area contributed by atoms with Crippen LogP contribution in [0.5, 0.6) is 5.75 Å². The predicted molar refractivity (Wildman–Crippen MR) is 101 cm³/mol. The molecule has 3 aromatic rings. The molecule has 26 heavy (non-hydrogen) atoms. The number of nitrogens with one attached hydrogen (secondary N) is 2. The van der Waals surface area contributed by atoms with E-state index >= 15 is 0 Å². The molecular weight excluding hydrogens is 350 g/mol. The van der Waals surface area contributed by atoms with E-state index < -0.39 is 10.0 Å². The first kappa shape index (κ1) is 18.3. The summed E-state index contributed by atoms with van der Waals surface area (Å²) in [5.41, 5.74) is 0. The van der Waals surface area contributed by atoms with Gasteiger partial charge in [0.05, 0.1) is 4.90 Å². The van der Waals surface area contributed by atoms with Gasteiger partial charge in [-0.2, -0.15) is 0 Å². The largest absolute Gasteiger partial charge is 0.478 e. The molecule has 0 aliphatic heterocycles. The lowest BCUT2D eigenvalue weighted by Gasteiger charge is -2.16. The lowest BCUT2D eigenvalue weighted by Crippen LogP contribution is -2.40. The maximum Gasteiger partial charge on any atom is 0.240 e. The molecule has 0 amide bonds. The Morgan fingerprint density at radius 2 is 1.88 bits per heavy atom. The molecule has 0 fully saturated rings. The smallest absolute Gasteiger partial charge is 0.240 e. The lowest BCUT2D eigenvalue weighted by molar-refractivity contribution is 0.279. The predicted octanol–water partition coefficient (Wildman–Crippen LogP) is 2.53. The van der Waals surface area contributed by atoms with E-state index in [1.54, 1.807) is 43.6 Å². The number of rotatable bonds is 8. The van der Waals surface area contributed by atoms with Crippen molar-refractivity contribution in [3.63, 3.8) is 0 Å². The quantitative estimate of drug-likeness (QED) is 0.470. The highest BCUT2D eigenvalue weighted by Crippen LogP contribution is 2.18. The Balaban J connectivity index is 1.54. The monoisotopic (exact) mass is 371 g/mol. The van der Waals surface area contributed by atoms with E-state index in [0.717, 1.165) is 16.5 Å². The molecule has 0 spiro atoms. The summed E-state index contributed by atoms with van der Waals surface area (Å²) in [6.45, 7) is 2.56. The molecule has 7 heteroatoms. The highest BCUT2D eigenvalue weighted by atomic mass is 32.2. The Morgan fingerprint density at radius 1 is 1.08 bits per heavy atom. The van der Waals surface area contributed by atoms with Gasteiger partial charge in [-0.1, -0.05) is 24.3 Å². The van der Waals surface area contributed by atoms with Crippen molar-refractivity contribution >= 4 is 20.8 Å². The van der Waals surface area contributed by atoms with Crippen LogP contribution in [0.1, 0.15) is 6.92 Å². The van der Waals surface area contributed by atoms with Crippen LogP contribution in [-0.2, 0) is 10.0 Å². The molecule has 3 rings (SSSR count). The van der Waals surface area contributed by atoms with E-state index in [-0.39, 0.29) is 10.9 Å². The van der Waals surface area contributed by atoms with E-state index in [9.17, 15) is 8.42 Å². The maximum atomic E-state index is 12.6. The summed E-state index contributed by atoms with van der Waals surface area (Å²) in [6, 6.07) is 15.9. The van der Waals surface area contributed by atoms with Crippen LogP contribution >= 0.6 is 0 Å². The van der Waals surface area contributed by atoms with Crippen molar-refractivity contribution in [2.45, 2.75) is 17.9 Å². The minimum atomic E-state index is -3.59. The molecule has 0 saturated heterocycles. The van der Waals surface area contributed by atoms with Crippen LogP contribution in [-0.4, -0.2) is 32.7 Å². The van der Waals surface area contributed by atoms with Gasteiger partial charge < -0.3 is 4.74 Å². The molecule has 0 unspecified atom stereocenters. The van der Waals surface area contributed by atoms with E-state index in [0.29, 0.717) is 13.3 Å². The summed E-state index contributed by atoms with van der Waals surface area (Å²) in [7, 11) is -3.59. The number of aromatic nitrogens is 1. The highest BCUT2D eigenvalue weighted by Gasteiger charge is 2.17. The summed E-state index contributed by atoms with van der Waals surface area (Å²) in [5.74, 6) is 0.763. The van der Waals surface area contributed by atoms with Gasteiger partial charge in [-0.25, -0.2) is 13.1 Å². The van der Waals surface area contributed by atoms with E-state index in [1.165, 1.54) is 0 Å². The standard InChI is InChI=1S/C19H21N3O3S/c1-15(12-21-14-25-18-5-3-2-4-6-18)22-26(23,24)19-8-7-17-13-20-10-9-16(17)11-19/h2-11,13,15,21-22H,12,14H2,1H3/t15-/m1/s1. The molecule has 0 aliphatic rings. The molecule has 6 nitrogen and oxygen atoms in total. The van der Waals surface area contributed by atoms with Crippen LogP contribution in [0.4, 0.5) is 0 Å². The third kappa shape index (κ3) is 4.78. The van der Waals surface area contributed by atoms with Crippen molar-refractivity contribution in [2.24, 2.45) is 0 Å². The molecule has 2 N–H and O–H groups in total. The fourth-order valence-electron chi connectivity index (χ4n) is 2.53. The maximum absolute atomic E-state index is 12.6. The van der Waals surface area contributed by atoms with Gasteiger partial charge in [-0.05, 0) is 42.6 Å². The molecule has 2 aromatic carbocycles. The lowest BCUT2D eigenvalue weighted by atomic mass is 10.2. The normalized spacial score (nSPS) is 12.8. The van der Waals surface area contributed by atoms with Gasteiger partial charge >= 0.3 is 0 Å². The zero-order valence-corrected chi connectivity index (χ0v) is 15.2. The Labute approximate surface area is 153 Å². The fourth-order valence-corrected chi connectivity index (χ4v) is 3.81. The van der Waals surface area contributed by atoms with Crippen LogP contribution in [0.2, 0.25) is 0 Å². The molecular formula is C19H21N3O3S. The fraction of sp³-hybridized carbons (Fsp3) is 0.211. The number of sulfonamides is 1. The third-order valence-corrected chi connectivity index (χ3v) is 5.40. The first-order chi connectivity index (χ1) is 12.5. The van der Waals surface area contributed by atoms with Gasteiger partial charge in [0.15, 0.2) is 0 Å². The summed E-state index contributed by atoms with van der Waals surface area (Å²) in [4.78, 5) is 4.27. The first-order valence-electron chi connectivity index (χ1n) is 8.29. The Hall–Kier alpha value is -2.48. The van der Waals surface area contributed by atoms with E-state index in [4.69, 9.17) is 4.74 Å². The number of para-hydroxylation sites is 1. The second-order valence-electron chi connectivity index (χ2n) is 5.96. The number of ether oxygens (including phenoxy) is 1. The Bertz CT molecular complexity index is 962. The summed E-state index contributed by atoms with van der Waals surface area (Å²) < 4.78 is 33.3. The Morgan fingerprint density at radius 3 is 2.69 bits per heavy atom. The Kier molecular flexibility index (Phi) is 5.82. The SMILES string of the molecule is C[C@H](CNCOc1ccccc1)NS(=O)(=O)c1ccc2cnccc2c1. The number of hydrogen-bond donors (Lipinski definition) is 2. The molecule has 1 heterocycles. The molecule has 1 aromatic heterocycles. The molecule has 0 saturated carbocycles. The van der Waals surface area contributed by atoms with Gasteiger partial charge in [-0.3, -0.25) is 10.3 Å². The number of nitrogens with zero attached hydrogens (tertiary/aromatic N) is 1. The van der Waals surface area contributed by atoms with Gasteiger partial charge in [-0.15, -0.1) is 0 Å². The second-order valence-corrected chi connectivity index (χ2v) is 7.68. The van der Waals surface area contributed by atoms with Gasteiger partial charge in [0.1, 0.15) is 12.5 Å². The van der Waals surface area contributed by atoms with Crippen molar-refractivity contribution in [1.29, 1.82) is 0 Å². The van der Waals surface area contributed by atoms with Gasteiger partial charge in [0.2, 0.25) is 10.0 Å². The van der Waals surface area contributed by atoms with Crippen molar-refractivity contribution in [3.8, 4) is 5.75 Å². The molecule has 0 radical (unpaired) electrons. The summed E-state index contributed by atoms with van der Waals surface area (Å²) in [6.07, 6.45) is 3.35. The van der Waals surface area contributed by atoms with Crippen molar-refractivity contribution in [3.05, 3.63) is 67.0 Å². The van der Waals surface area contributed by atoms with Crippen molar-refractivity contribution < 1.29 is 13.2 Å². The van der Waals surface area contributed by atoms with Gasteiger partial charge in [0.25, 0.3) is 0 Å². The zero-order chi connectivity index (χ0) is 18.4. The summed E-state index contributed by atoms with van der Waals surface area (Å²) in [5, 5.41) is 4.82. The average molecular weight is 371 g/mol. The zero-order valence-electron chi connectivity index (χ0n) is 14.4. The van der Waals surface area contributed by atoms with E-state index in [2.05, 4.69) is 15.0 Å². The first-order valence-corrected chi connectivity index (χ1v) is 9.77. The summed E-state index contributed by atoms with van der Waals surface area (Å²) >= 11 is 0. The van der Waals surface area contributed by atoms with E-state index in [1.807, 2.05) is 30.3 Å². The van der Waals surface area contributed by atoms with Crippen molar-refractivity contribution in [2.75, 3.05) is 13.3 Å². The number of benzene rings is 2. The molecule has 0 bridgehead atoms. The topological polar surface area (TPSA) is 80.3 Å².